The van der Waals surface area contributed by atoms with Gasteiger partial charge < -0.3 is 20.4 Å². The number of Topliss-reactive ketones (excluding diaryl/α,β-unsaturated/α-hetero) is 2. The van der Waals surface area contributed by atoms with E-state index in [0.717, 1.165) is 56.1 Å². The number of aliphatic hydroxyl groups is 3. The molecule has 252 valence electrons. The molecule has 7 nitrogen and oxygen atoms in total. The van der Waals surface area contributed by atoms with Gasteiger partial charge in [-0.1, -0.05) is 67.2 Å². The van der Waals surface area contributed by atoms with Crippen molar-refractivity contribution in [2.75, 3.05) is 0 Å². The molecule has 0 aromatic heterocycles. The molecule has 2 spiro atoms. The zero-order valence-corrected chi connectivity index (χ0v) is 28.5. The Bertz CT molecular complexity index is 1260. The van der Waals surface area contributed by atoms with E-state index in [1.807, 2.05) is 13.8 Å². The number of fused-ring (bicyclic) bond motifs is 2. The highest BCUT2D eigenvalue weighted by molar-refractivity contribution is 6.01. The average molecular weight is 627 g/mol. The highest BCUT2D eigenvalue weighted by Crippen LogP contribution is 2.74. The summed E-state index contributed by atoms with van der Waals surface area (Å²) in [6.07, 6.45) is 8.17. The lowest BCUT2D eigenvalue weighted by Crippen LogP contribution is -2.62. The van der Waals surface area contributed by atoms with Crippen LogP contribution in [0.2, 0.25) is 0 Å². The second-order valence-electron chi connectivity index (χ2n) is 16.8. The maximum atomic E-state index is 14.7. The van der Waals surface area contributed by atoms with Crippen molar-refractivity contribution in [2.45, 2.75) is 150 Å². The van der Waals surface area contributed by atoms with E-state index in [-0.39, 0.29) is 34.9 Å². The second-order valence-corrected chi connectivity index (χ2v) is 16.8. The molecule has 0 radical (unpaired) electrons. The molecule has 0 aromatic rings. The van der Waals surface area contributed by atoms with Gasteiger partial charge in [-0.15, -0.1) is 0 Å². The largest absolute Gasteiger partial charge is 0.478 e. The molecule has 7 heteroatoms. The summed E-state index contributed by atoms with van der Waals surface area (Å²) in [6, 6.07) is 0. The molecule has 0 heterocycles. The number of rotatable bonds is 9. The maximum absolute atomic E-state index is 14.7. The second kappa shape index (κ2) is 12.3. The Morgan fingerprint density at radius 3 is 2.36 bits per heavy atom. The maximum Gasteiger partial charge on any atom is 0.331 e. The van der Waals surface area contributed by atoms with E-state index in [0.29, 0.717) is 50.9 Å². The Kier molecular flexibility index (Phi) is 9.45. The predicted octanol–water partition coefficient (Wildman–Crippen LogP) is 6.57. The van der Waals surface area contributed by atoms with Crippen LogP contribution in [0.3, 0.4) is 0 Å². The molecule has 0 unspecified atom stereocenters. The number of hydrogen-bond donors (Lipinski definition) is 4. The smallest absolute Gasteiger partial charge is 0.331 e. The number of aliphatic hydroxyl groups excluding tert-OH is 3. The van der Waals surface area contributed by atoms with Crippen LogP contribution in [0, 0.1) is 45.3 Å². The Morgan fingerprint density at radius 2 is 1.69 bits per heavy atom. The van der Waals surface area contributed by atoms with Crippen LogP contribution in [0.25, 0.3) is 0 Å². The minimum Gasteiger partial charge on any atom is -0.478 e. The van der Waals surface area contributed by atoms with Gasteiger partial charge in [-0.3, -0.25) is 9.59 Å². The minimum absolute atomic E-state index is 0.0718. The van der Waals surface area contributed by atoms with Gasteiger partial charge in [0.05, 0.1) is 18.3 Å². The fraction of sp³-hybridized carbons (Fsp3) is 0.816. The van der Waals surface area contributed by atoms with Crippen LogP contribution in [-0.4, -0.2) is 56.3 Å². The third kappa shape index (κ3) is 5.41. The number of carbonyl (C=O) groups is 3. The molecular weight excluding hydrogens is 568 g/mol. The third-order valence-corrected chi connectivity index (χ3v) is 13.8. The highest BCUT2D eigenvalue weighted by atomic mass is 16.4. The highest BCUT2D eigenvalue weighted by Gasteiger charge is 2.71. The zero-order valence-electron chi connectivity index (χ0n) is 28.5. The normalized spacial score (nSPS) is 39.5. The van der Waals surface area contributed by atoms with Crippen molar-refractivity contribution in [2.24, 2.45) is 45.3 Å². The van der Waals surface area contributed by atoms with Gasteiger partial charge in [0.2, 0.25) is 0 Å². The van der Waals surface area contributed by atoms with E-state index < -0.39 is 45.9 Å². The van der Waals surface area contributed by atoms with Crippen LogP contribution < -0.4 is 0 Å². The van der Waals surface area contributed by atoms with Crippen LogP contribution in [0.4, 0.5) is 0 Å². The quantitative estimate of drug-likeness (QED) is 0.213. The number of carbonyl (C=O) groups excluding carboxylic acids is 2. The van der Waals surface area contributed by atoms with Crippen LogP contribution in [-0.2, 0) is 14.4 Å². The summed E-state index contributed by atoms with van der Waals surface area (Å²) in [5.74, 6) is -0.481. The molecule has 45 heavy (non-hydrogen) atoms. The number of hydrogen-bond acceptors (Lipinski definition) is 6. The van der Waals surface area contributed by atoms with E-state index in [1.165, 1.54) is 6.08 Å². The molecule has 0 amide bonds. The fourth-order valence-corrected chi connectivity index (χ4v) is 11.5. The van der Waals surface area contributed by atoms with E-state index in [4.69, 9.17) is 0 Å². The number of aliphatic carboxylic acids is 1. The Morgan fingerprint density at radius 1 is 1.00 bits per heavy atom. The molecular formula is C38H58O7. The fourth-order valence-electron chi connectivity index (χ4n) is 11.5. The average Bonchev–Trinajstić information content (AvgIpc) is 3.17. The standard InChI is InChI=1S/C38H58O7/c1-22(2)11-10-12-24(34(44)45)18-25(39)17-23(3)26-19-31(43)36(6)32-27(40)20-29-35(4,5)30(42)13-16-37(29)14-8-7-9-15-38(26,36)21-28(41)33(32)37/h18,22-23,25-27,29,31,39-40,43H,7-17,19-21H2,1-6H3,(H,44,45)/b24-18+/t23-,25+,26-,27-,29-,31+,36+,37+,38-/m1/s1. The first-order valence-corrected chi connectivity index (χ1v) is 17.8. The van der Waals surface area contributed by atoms with Gasteiger partial charge in [-0.2, -0.15) is 0 Å². The van der Waals surface area contributed by atoms with Crippen LogP contribution in [0.1, 0.15) is 131 Å². The van der Waals surface area contributed by atoms with Crippen LogP contribution in [0.15, 0.2) is 22.8 Å². The first kappa shape index (κ1) is 34.5. The lowest BCUT2D eigenvalue weighted by Gasteiger charge is -2.63. The van der Waals surface area contributed by atoms with Crippen LogP contribution in [0.5, 0.6) is 0 Å². The molecule has 3 fully saturated rings. The van der Waals surface area contributed by atoms with Crippen molar-refractivity contribution in [3.8, 4) is 0 Å². The van der Waals surface area contributed by atoms with Gasteiger partial charge in [0.25, 0.3) is 0 Å². The van der Waals surface area contributed by atoms with E-state index in [2.05, 4.69) is 27.7 Å². The number of ketones is 2. The Hall–Kier alpha value is -1.83. The third-order valence-electron chi connectivity index (χ3n) is 13.8. The topological polar surface area (TPSA) is 132 Å². The number of carboxylic acid groups (broad SMARTS) is 1. The molecule has 4 N–H and O–H groups in total. The summed E-state index contributed by atoms with van der Waals surface area (Å²) >= 11 is 0. The minimum atomic E-state index is -0.997. The van der Waals surface area contributed by atoms with Crippen molar-refractivity contribution in [3.05, 3.63) is 22.8 Å². The Balaban J connectivity index is 1.53. The van der Waals surface area contributed by atoms with Crippen LogP contribution >= 0.6 is 0 Å². The van der Waals surface area contributed by atoms with Gasteiger partial charge in [-0.05, 0) is 92.1 Å². The van der Waals surface area contributed by atoms with E-state index in [1.54, 1.807) is 0 Å². The predicted molar refractivity (Wildman–Crippen MR) is 173 cm³/mol. The van der Waals surface area contributed by atoms with Crippen molar-refractivity contribution in [1.82, 2.24) is 0 Å². The van der Waals surface area contributed by atoms with Gasteiger partial charge >= 0.3 is 5.97 Å². The van der Waals surface area contributed by atoms with Gasteiger partial charge in [-0.25, -0.2) is 4.79 Å². The molecule has 3 saturated carbocycles. The molecule has 5 aliphatic rings. The van der Waals surface area contributed by atoms with Gasteiger partial charge in [0, 0.05) is 40.2 Å². The monoisotopic (exact) mass is 626 g/mol. The molecule has 0 aromatic carbocycles. The molecule has 0 aliphatic heterocycles. The van der Waals surface area contributed by atoms with Crippen molar-refractivity contribution >= 4 is 17.5 Å². The van der Waals surface area contributed by atoms with E-state index in [9.17, 15) is 34.8 Å². The van der Waals surface area contributed by atoms with E-state index >= 15 is 0 Å². The van der Waals surface area contributed by atoms with Crippen molar-refractivity contribution in [1.29, 1.82) is 0 Å². The zero-order chi connectivity index (χ0) is 33.1. The summed E-state index contributed by atoms with van der Waals surface area (Å²) in [7, 11) is 0. The SMILES string of the molecule is CC(C)CCC/C(=C\[C@@H](O)C[C@@H](C)[C@H]1C[C@H](O)[C@@]2(C)C3=C4C(=O)C[C@]12CCCCC[C@@]41CCC(=O)C(C)(C)[C@H]1C[C@H]3O)C(=O)O. The molecule has 2 bridgehead atoms. The lowest BCUT2D eigenvalue weighted by atomic mass is 9.40. The van der Waals surface area contributed by atoms with Gasteiger partial charge in [0.15, 0.2) is 5.78 Å². The first-order valence-electron chi connectivity index (χ1n) is 17.8. The van der Waals surface area contributed by atoms with Gasteiger partial charge in [0.1, 0.15) is 5.78 Å². The van der Waals surface area contributed by atoms with Crippen molar-refractivity contribution in [3.63, 3.8) is 0 Å². The Labute approximate surface area is 269 Å². The lowest BCUT2D eigenvalue weighted by molar-refractivity contribution is -0.150. The molecule has 5 rings (SSSR count). The molecule has 9 atom stereocenters. The summed E-state index contributed by atoms with van der Waals surface area (Å²) in [4.78, 5) is 39.9. The summed E-state index contributed by atoms with van der Waals surface area (Å²) in [5, 5.41) is 45.1. The summed E-state index contributed by atoms with van der Waals surface area (Å²) in [5.41, 5.74) is -0.703. The number of carboxylic acids is 1. The summed E-state index contributed by atoms with van der Waals surface area (Å²) < 4.78 is 0. The number of allylic oxidation sites excluding steroid dienone is 1. The van der Waals surface area contributed by atoms with Crippen molar-refractivity contribution < 1.29 is 34.8 Å². The first-order chi connectivity index (χ1) is 21.0. The molecule has 0 saturated heterocycles. The summed E-state index contributed by atoms with van der Waals surface area (Å²) in [6.45, 7) is 12.4. The molecule has 5 aliphatic carbocycles.